The SMILES string of the molecule is Cn1cnnc1CC1(O)CCCN(C(=O)c2cnc3ccccc3c2)C1. The number of piperidine rings is 1. The highest BCUT2D eigenvalue weighted by molar-refractivity contribution is 5.97. The third kappa shape index (κ3) is 3.17. The van der Waals surface area contributed by atoms with E-state index in [0.717, 1.165) is 17.3 Å². The van der Waals surface area contributed by atoms with Gasteiger partial charge >= 0.3 is 0 Å². The van der Waals surface area contributed by atoms with Crippen LogP contribution in [0.15, 0.2) is 42.9 Å². The molecular weight excluding hydrogens is 330 g/mol. The van der Waals surface area contributed by atoms with Crippen LogP contribution in [0.4, 0.5) is 0 Å². The number of carbonyl (C=O) groups excluding carboxylic acids is 1. The molecular formula is C19H21N5O2. The van der Waals surface area contributed by atoms with Gasteiger partial charge in [0.25, 0.3) is 5.91 Å². The monoisotopic (exact) mass is 351 g/mol. The van der Waals surface area contributed by atoms with E-state index in [4.69, 9.17) is 0 Å². The molecule has 1 amide bonds. The fraction of sp³-hybridized carbons (Fsp3) is 0.368. The van der Waals surface area contributed by atoms with Crippen molar-refractivity contribution in [3.05, 3.63) is 54.2 Å². The summed E-state index contributed by atoms with van der Waals surface area (Å²) in [6, 6.07) is 9.58. The normalized spacial score (nSPS) is 20.5. The number of aliphatic hydroxyl groups is 1. The van der Waals surface area contributed by atoms with Gasteiger partial charge in [-0.3, -0.25) is 9.78 Å². The minimum absolute atomic E-state index is 0.0978. The molecule has 0 spiro atoms. The molecule has 1 N–H and O–H groups in total. The van der Waals surface area contributed by atoms with Gasteiger partial charge in [0.15, 0.2) is 0 Å². The molecule has 1 aliphatic heterocycles. The number of hydrogen-bond acceptors (Lipinski definition) is 5. The van der Waals surface area contributed by atoms with Crippen LogP contribution in [0.1, 0.15) is 29.0 Å². The molecule has 3 heterocycles. The predicted molar refractivity (Wildman–Crippen MR) is 96.5 cm³/mol. The van der Waals surface area contributed by atoms with Crippen LogP contribution in [0, 0.1) is 0 Å². The van der Waals surface area contributed by atoms with Crippen molar-refractivity contribution in [2.24, 2.45) is 7.05 Å². The number of benzene rings is 1. The second kappa shape index (κ2) is 6.49. The highest BCUT2D eigenvalue weighted by atomic mass is 16.3. The number of aryl methyl sites for hydroxylation is 1. The lowest BCUT2D eigenvalue weighted by molar-refractivity contribution is -0.0258. The summed E-state index contributed by atoms with van der Waals surface area (Å²) in [7, 11) is 1.85. The molecule has 1 fully saturated rings. The molecule has 2 aromatic heterocycles. The van der Waals surface area contributed by atoms with Gasteiger partial charge in [0.05, 0.1) is 23.2 Å². The van der Waals surface area contributed by atoms with Crippen molar-refractivity contribution >= 4 is 16.8 Å². The number of para-hydroxylation sites is 1. The second-order valence-corrected chi connectivity index (χ2v) is 7.01. The molecule has 134 valence electrons. The van der Waals surface area contributed by atoms with Crippen LogP contribution in [0.3, 0.4) is 0 Å². The van der Waals surface area contributed by atoms with Gasteiger partial charge in [-0.05, 0) is 25.0 Å². The van der Waals surface area contributed by atoms with Crippen LogP contribution in [-0.4, -0.2) is 54.4 Å². The topological polar surface area (TPSA) is 84.1 Å². The Kier molecular flexibility index (Phi) is 4.16. The van der Waals surface area contributed by atoms with Crippen LogP contribution in [0.2, 0.25) is 0 Å². The number of carbonyl (C=O) groups is 1. The van der Waals surface area contributed by atoms with Crippen molar-refractivity contribution in [1.29, 1.82) is 0 Å². The van der Waals surface area contributed by atoms with Crippen LogP contribution < -0.4 is 0 Å². The summed E-state index contributed by atoms with van der Waals surface area (Å²) in [4.78, 5) is 19.0. The summed E-state index contributed by atoms with van der Waals surface area (Å²) in [6.45, 7) is 0.915. The molecule has 0 aliphatic carbocycles. The summed E-state index contributed by atoms with van der Waals surface area (Å²) in [5, 5.41) is 19.9. The zero-order valence-corrected chi connectivity index (χ0v) is 14.7. The Morgan fingerprint density at radius 1 is 1.35 bits per heavy atom. The maximum absolute atomic E-state index is 12.9. The van der Waals surface area contributed by atoms with Gasteiger partial charge < -0.3 is 14.6 Å². The number of amides is 1. The number of β-amino-alcohol motifs (C(OH)–C–C–N with tert-alkyl or cyclic N) is 1. The zero-order valence-electron chi connectivity index (χ0n) is 14.7. The first kappa shape index (κ1) is 16.7. The molecule has 1 atom stereocenters. The van der Waals surface area contributed by atoms with E-state index in [-0.39, 0.29) is 12.5 Å². The summed E-state index contributed by atoms with van der Waals surface area (Å²) < 4.78 is 1.80. The molecule has 26 heavy (non-hydrogen) atoms. The third-order valence-corrected chi connectivity index (χ3v) is 4.97. The Balaban J connectivity index is 1.54. The van der Waals surface area contributed by atoms with Gasteiger partial charge in [-0.2, -0.15) is 0 Å². The Morgan fingerprint density at radius 3 is 3.00 bits per heavy atom. The number of nitrogens with zero attached hydrogens (tertiary/aromatic N) is 5. The van der Waals surface area contributed by atoms with E-state index in [1.165, 1.54) is 0 Å². The molecule has 7 heteroatoms. The highest BCUT2D eigenvalue weighted by Gasteiger charge is 2.36. The Labute approximate surface area is 151 Å². The lowest BCUT2D eigenvalue weighted by Gasteiger charge is -2.39. The van der Waals surface area contributed by atoms with Crippen LogP contribution in [0.5, 0.6) is 0 Å². The van der Waals surface area contributed by atoms with Crippen molar-refractivity contribution in [1.82, 2.24) is 24.6 Å². The van der Waals surface area contributed by atoms with E-state index in [2.05, 4.69) is 15.2 Å². The largest absolute Gasteiger partial charge is 0.388 e. The summed E-state index contributed by atoms with van der Waals surface area (Å²) in [6.07, 6.45) is 5.00. The molecule has 0 bridgehead atoms. The molecule has 3 aromatic rings. The maximum atomic E-state index is 12.9. The van der Waals surface area contributed by atoms with E-state index < -0.39 is 5.60 Å². The maximum Gasteiger partial charge on any atom is 0.255 e. The van der Waals surface area contributed by atoms with E-state index in [1.807, 2.05) is 37.4 Å². The van der Waals surface area contributed by atoms with Crippen molar-refractivity contribution in [3.63, 3.8) is 0 Å². The molecule has 7 nitrogen and oxygen atoms in total. The van der Waals surface area contributed by atoms with Gasteiger partial charge in [-0.1, -0.05) is 18.2 Å². The van der Waals surface area contributed by atoms with Gasteiger partial charge in [0, 0.05) is 31.6 Å². The van der Waals surface area contributed by atoms with E-state index in [0.29, 0.717) is 30.8 Å². The smallest absolute Gasteiger partial charge is 0.255 e. The standard InChI is InChI=1S/C19H21N5O2/c1-23-13-21-22-17(23)10-19(26)7-4-8-24(12-19)18(25)15-9-14-5-2-3-6-16(14)20-11-15/h2-3,5-6,9,11,13,26H,4,7-8,10,12H2,1H3. The molecule has 1 saturated heterocycles. The highest BCUT2D eigenvalue weighted by Crippen LogP contribution is 2.26. The summed E-state index contributed by atoms with van der Waals surface area (Å²) >= 11 is 0. The van der Waals surface area contributed by atoms with Crippen molar-refractivity contribution in [2.45, 2.75) is 24.9 Å². The van der Waals surface area contributed by atoms with Gasteiger partial charge in [0.2, 0.25) is 0 Å². The summed E-state index contributed by atoms with van der Waals surface area (Å²) in [5.74, 6) is 0.619. The van der Waals surface area contributed by atoms with Gasteiger partial charge in [0.1, 0.15) is 12.2 Å². The number of aromatic nitrogens is 4. The lowest BCUT2D eigenvalue weighted by atomic mass is 9.89. The van der Waals surface area contributed by atoms with E-state index >= 15 is 0 Å². The Morgan fingerprint density at radius 2 is 2.19 bits per heavy atom. The number of hydrogen-bond donors (Lipinski definition) is 1. The molecule has 0 saturated carbocycles. The quantitative estimate of drug-likeness (QED) is 0.774. The first-order valence-electron chi connectivity index (χ1n) is 8.73. The van der Waals surface area contributed by atoms with E-state index in [9.17, 15) is 9.90 Å². The Hall–Kier alpha value is -2.80. The van der Waals surface area contributed by atoms with Crippen molar-refractivity contribution in [3.8, 4) is 0 Å². The second-order valence-electron chi connectivity index (χ2n) is 7.01. The lowest BCUT2D eigenvalue weighted by Crippen LogP contribution is -2.51. The summed E-state index contributed by atoms with van der Waals surface area (Å²) in [5.41, 5.74) is 0.423. The van der Waals surface area contributed by atoms with Gasteiger partial charge in [-0.15, -0.1) is 10.2 Å². The average molecular weight is 351 g/mol. The number of fused-ring (bicyclic) bond motifs is 1. The first-order valence-corrected chi connectivity index (χ1v) is 8.73. The predicted octanol–water partition coefficient (Wildman–Crippen LogP) is 1.57. The van der Waals surface area contributed by atoms with Crippen molar-refractivity contribution in [2.75, 3.05) is 13.1 Å². The van der Waals surface area contributed by atoms with Crippen LogP contribution in [-0.2, 0) is 13.5 Å². The Bertz CT molecular complexity index is 954. The number of rotatable bonds is 3. The van der Waals surface area contributed by atoms with E-state index in [1.54, 1.807) is 22.0 Å². The first-order chi connectivity index (χ1) is 12.5. The minimum Gasteiger partial charge on any atom is -0.388 e. The number of likely N-dealkylation sites (tertiary alicyclic amines) is 1. The fourth-order valence-electron chi connectivity index (χ4n) is 3.56. The van der Waals surface area contributed by atoms with Gasteiger partial charge in [-0.25, -0.2) is 0 Å². The average Bonchev–Trinajstić information content (AvgIpc) is 3.04. The third-order valence-electron chi connectivity index (χ3n) is 4.97. The molecule has 0 radical (unpaired) electrons. The number of pyridine rings is 1. The zero-order chi connectivity index (χ0) is 18.1. The molecule has 1 aliphatic rings. The molecule has 1 aromatic carbocycles. The van der Waals surface area contributed by atoms with Crippen molar-refractivity contribution < 1.29 is 9.90 Å². The van der Waals surface area contributed by atoms with Crippen LogP contribution >= 0.6 is 0 Å². The minimum atomic E-state index is -0.987. The fourth-order valence-corrected chi connectivity index (χ4v) is 3.56. The van der Waals surface area contributed by atoms with Crippen LogP contribution in [0.25, 0.3) is 10.9 Å². The molecule has 1 unspecified atom stereocenters. The molecule has 4 rings (SSSR count).